The third-order valence-corrected chi connectivity index (χ3v) is 4.19. The van der Waals surface area contributed by atoms with E-state index in [0.29, 0.717) is 17.2 Å². The van der Waals surface area contributed by atoms with Crippen molar-refractivity contribution in [3.8, 4) is 17.2 Å². The van der Waals surface area contributed by atoms with Crippen molar-refractivity contribution in [3.05, 3.63) is 66.7 Å². The molecule has 2 heterocycles. The predicted octanol–water partition coefficient (Wildman–Crippen LogP) is 2.82. The summed E-state index contributed by atoms with van der Waals surface area (Å²) >= 11 is 0. The summed E-state index contributed by atoms with van der Waals surface area (Å²) in [5, 5.41) is 2.76. The van der Waals surface area contributed by atoms with Crippen molar-refractivity contribution in [2.24, 2.45) is 0 Å². The molecule has 0 aliphatic carbocycles. The Kier molecular flexibility index (Phi) is 4.98. The van der Waals surface area contributed by atoms with Crippen LogP contribution in [0.3, 0.4) is 0 Å². The van der Waals surface area contributed by atoms with Gasteiger partial charge in [-0.1, -0.05) is 18.2 Å². The van der Waals surface area contributed by atoms with Gasteiger partial charge in [-0.2, -0.15) is 0 Å². The number of ether oxygens (including phenoxy) is 2. The first-order valence-electron chi connectivity index (χ1n) is 8.91. The molecule has 146 valence electrons. The molecule has 0 spiro atoms. The molecule has 2 amide bonds. The average Bonchev–Trinajstić information content (AvgIpc) is 2.72. The van der Waals surface area contributed by atoms with Crippen LogP contribution in [-0.2, 0) is 9.59 Å². The van der Waals surface area contributed by atoms with Gasteiger partial charge in [0.15, 0.2) is 18.2 Å². The first-order valence-corrected chi connectivity index (χ1v) is 8.91. The summed E-state index contributed by atoms with van der Waals surface area (Å²) in [6.45, 7) is -0.356. The lowest BCUT2D eigenvalue weighted by Gasteiger charge is -2.27. The summed E-state index contributed by atoms with van der Waals surface area (Å²) in [6.07, 6.45) is 0. The Balaban J connectivity index is 1.41. The number of anilines is 3. The van der Waals surface area contributed by atoms with Gasteiger partial charge in [0.25, 0.3) is 5.91 Å². The molecule has 0 atom stereocenters. The lowest BCUT2D eigenvalue weighted by atomic mass is 10.2. The number of hydrogen-bond acceptors (Lipinski definition) is 6. The zero-order valence-electron chi connectivity index (χ0n) is 15.4. The molecule has 8 heteroatoms. The number of benzene rings is 2. The number of carbonyl (C=O) groups excluding carboxylic acids is 2. The standard InChI is InChI=1S/C21H18N4O4/c22-18-11-10-17-21(24-18)25(20(27)13-28-17)12-19(26)23-14-6-8-16(9-7-14)29-15-4-2-1-3-5-15/h1-11H,12-13H2,(H2,22,24)(H,23,26). The van der Waals surface area contributed by atoms with E-state index in [1.165, 1.54) is 4.90 Å². The van der Waals surface area contributed by atoms with Crippen molar-refractivity contribution in [2.45, 2.75) is 0 Å². The Morgan fingerprint density at radius 2 is 1.79 bits per heavy atom. The maximum absolute atomic E-state index is 12.5. The molecular weight excluding hydrogens is 372 g/mol. The predicted molar refractivity (Wildman–Crippen MR) is 108 cm³/mol. The van der Waals surface area contributed by atoms with Gasteiger partial charge < -0.3 is 20.5 Å². The van der Waals surface area contributed by atoms with Crippen molar-refractivity contribution in [1.29, 1.82) is 0 Å². The largest absolute Gasteiger partial charge is 0.480 e. The van der Waals surface area contributed by atoms with E-state index in [1.807, 2.05) is 30.3 Å². The third kappa shape index (κ3) is 4.27. The van der Waals surface area contributed by atoms with Crippen molar-refractivity contribution >= 4 is 29.1 Å². The Morgan fingerprint density at radius 3 is 2.55 bits per heavy atom. The summed E-state index contributed by atoms with van der Waals surface area (Å²) in [4.78, 5) is 30.0. The molecule has 8 nitrogen and oxygen atoms in total. The first kappa shape index (κ1) is 18.3. The van der Waals surface area contributed by atoms with Crippen LogP contribution in [0.15, 0.2) is 66.7 Å². The van der Waals surface area contributed by atoms with Gasteiger partial charge >= 0.3 is 0 Å². The number of pyridine rings is 1. The molecule has 0 bridgehead atoms. The maximum Gasteiger partial charge on any atom is 0.266 e. The molecule has 2 aromatic carbocycles. The number of fused-ring (bicyclic) bond motifs is 1. The van der Waals surface area contributed by atoms with Gasteiger partial charge in [-0.3, -0.25) is 14.5 Å². The summed E-state index contributed by atoms with van der Waals surface area (Å²) < 4.78 is 11.1. The second-order valence-corrected chi connectivity index (χ2v) is 6.31. The van der Waals surface area contributed by atoms with Gasteiger partial charge in [-0.15, -0.1) is 0 Å². The van der Waals surface area contributed by atoms with Crippen LogP contribution in [-0.4, -0.2) is 29.9 Å². The van der Waals surface area contributed by atoms with Crippen LogP contribution in [0.4, 0.5) is 17.3 Å². The number of aromatic nitrogens is 1. The lowest BCUT2D eigenvalue weighted by Crippen LogP contribution is -2.44. The first-order chi connectivity index (χ1) is 14.1. The Morgan fingerprint density at radius 1 is 1.07 bits per heavy atom. The van der Waals surface area contributed by atoms with Crippen LogP contribution in [0, 0.1) is 0 Å². The Labute approximate surface area is 166 Å². The van der Waals surface area contributed by atoms with E-state index >= 15 is 0 Å². The molecule has 0 radical (unpaired) electrons. The number of nitrogens with one attached hydrogen (secondary N) is 1. The van der Waals surface area contributed by atoms with Gasteiger partial charge in [0, 0.05) is 5.69 Å². The van der Waals surface area contributed by atoms with Crippen LogP contribution in [0.25, 0.3) is 0 Å². The Bertz CT molecular complexity index is 1040. The van der Waals surface area contributed by atoms with E-state index in [9.17, 15) is 9.59 Å². The van der Waals surface area contributed by atoms with Crippen molar-refractivity contribution in [1.82, 2.24) is 4.98 Å². The minimum Gasteiger partial charge on any atom is -0.480 e. The summed E-state index contributed by atoms with van der Waals surface area (Å²) in [5.41, 5.74) is 6.28. The quantitative estimate of drug-likeness (QED) is 0.694. The van der Waals surface area contributed by atoms with E-state index in [4.69, 9.17) is 15.2 Å². The highest BCUT2D eigenvalue weighted by Crippen LogP contribution is 2.30. The van der Waals surface area contributed by atoms with Crippen LogP contribution in [0.5, 0.6) is 17.2 Å². The van der Waals surface area contributed by atoms with Crippen LogP contribution in [0.1, 0.15) is 0 Å². The topological polar surface area (TPSA) is 107 Å². The summed E-state index contributed by atoms with van der Waals surface area (Å²) in [5.74, 6) is 1.52. The fourth-order valence-electron chi connectivity index (χ4n) is 2.83. The number of carbonyl (C=O) groups is 2. The normalized spacial score (nSPS) is 12.7. The summed E-state index contributed by atoms with van der Waals surface area (Å²) in [7, 11) is 0. The van der Waals surface area contributed by atoms with Gasteiger partial charge in [-0.25, -0.2) is 4.98 Å². The zero-order chi connectivity index (χ0) is 20.2. The summed E-state index contributed by atoms with van der Waals surface area (Å²) in [6, 6.07) is 19.5. The maximum atomic E-state index is 12.5. The lowest BCUT2D eigenvalue weighted by molar-refractivity contribution is -0.123. The molecule has 0 saturated heterocycles. The molecule has 0 fully saturated rings. The molecule has 29 heavy (non-hydrogen) atoms. The molecule has 0 saturated carbocycles. The van der Waals surface area contributed by atoms with Gasteiger partial charge in [0.2, 0.25) is 5.91 Å². The second kappa shape index (κ2) is 7.89. The van der Waals surface area contributed by atoms with Crippen molar-refractivity contribution < 1.29 is 19.1 Å². The monoisotopic (exact) mass is 390 g/mol. The SMILES string of the molecule is Nc1ccc2c(n1)N(CC(=O)Nc1ccc(Oc3ccccc3)cc1)C(=O)CO2. The number of para-hydroxylation sites is 1. The highest BCUT2D eigenvalue weighted by atomic mass is 16.5. The van der Waals surface area contributed by atoms with Crippen LogP contribution >= 0.6 is 0 Å². The van der Waals surface area contributed by atoms with Crippen molar-refractivity contribution in [3.63, 3.8) is 0 Å². The number of amides is 2. The van der Waals surface area contributed by atoms with E-state index < -0.39 is 0 Å². The molecule has 1 aliphatic rings. The number of hydrogen-bond donors (Lipinski definition) is 2. The third-order valence-electron chi connectivity index (χ3n) is 4.19. The highest BCUT2D eigenvalue weighted by molar-refractivity contribution is 6.04. The fourth-order valence-corrected chi connectivity index (χ4v) is 2.83. The van der Waals surface area contributed by atoms with E-state index in [1.54, 1.807) is 36.4 Å². The van der Waals surface area contributed by atoms with Crippen LogP contribution < -0.4 is 25.4 Å². The van der Waals surface area contributed by atoms with E-state index in [0.717, 1.165) is 5.75 Å². The fraction of sp³-hybridized carbons (Fsp3) is 0.0952. The number of nitrogen functional groups attached to an aromatic ring is 1. The number of rotatable bonds is 5. The molecule has 0 unspecified atom stereocenters. The smallest absolute Gasteiger partial charge is 0.266 e. The van der Waals surface area contributed by atoms with E-state index in [2.05, 4.69) is 10.3 Å². The average molecular weight is 390 g/mol. The number of nitrogens with two attached hydrogens (primary N) is 1. The zero-order valence-corrected chi connectivity index (χ0v) is 15.4. The van der Waals surface area contributed by atoms with Crippen LogP contribution in [0.2, 0.25) is 0 Å². The molecule has 1 aromatic heterocycles. The minimum absolute atomic E-state index is 0.155. The highest BCUT2D eigenvalue weighted by Gasteiger charge is 2.28. The van der Waals surface area contributed by atoms with Crippen molar-refractivity contribution in [2.75, 3.05) is 29.1 Å². The van der Waals surface area contributed by atoms with Gasteiger partial charge in [-0.05, 0) is 48.5 Å². The molecule has 1 aliphatic heterocycles. The van der Waals surface area contributed by atoms with E-state index in [-0.39, 0.29) is 36.6 Å². The Hall–Kier alpha value is -4.07. The van der Waals surface area contributed by atoms with Gasteiger partial charge in [0.05, 0.1) is 0 Å². The minimum atomic E-state index is -0.368. The van der Waals surface area contributed by atoms with Gasteiger partial charge in [0.1, 0.15) is 23.9 Å². The second-order valence-electron chi connectivity index (χ2n) is 6.31. The molecule has 3 aromatic rings. The number of nitrogens with zero attached hydrogens (tertiary/aromatic N) is 2. The molecule has 4 rings (SSSR count). The molecule has 3 N–H and O–H groups in total. The molecular formula is C21H18N4O4.